The van der Waals surface area contributed by atoms with Crippen molar-refractivity contribution in [3.63, 3.8) is 0 Å². The molecule has 11 heavy (non-hydrogen) atoms. The van der Waals surface area contributed by atoms with Crippen LogP contribution in [0.15, 0.2) is 0 Å². The number of aliphatic hydroxyl groups is 2. The van der Waals surface area contributed by atoms with E-state index in [1.165, 1.54) is 6.92 Å². The van der Waals surface area contributed by atoms with E-state index >= 15 is 0 Å². The maximum Gasteiger partial charge on any atom is 0.188 e. The van der Waals surface area contributed by atoms with E-state index in [0.717, 1.165) is 0 Å². The molecule has 0 aromatic rings. The summed E-state index contributed by atoms with van der Waals surface area (Å²) >= 11 is 0. The van der Waals surface area contributed by atoms with Gasteiger partial charge in [0.15, 0.2) is 12.5 Å². The first-order valence-corrected chi connectivity index (χ1v) is 3.45. The van der Waals surface area contributed by atoms with Gasteiger partial charge in [0, 0.05) is 0 Å². The highest BCUT2D eigenvalue weighted by atomic mass is 19.1. The van der Waals surface area contributed by atoms with Crippen LogP contribution in [0.5, 0.6) is 0 Å². The minimum Gasteiger partial charge on any atom is -0.389 e. The highest BCUT2D eigenvalue weighted by molar-refractivity contribution is 4.89. The van der Waals surface area contributed by atoms with E-state index in [2.05, 4.69) is 4.74 Å². The van der Waals surface area contributed by atoms with Gasteiger partial charge in [-0.25, -0.2) is 4.39 Å². The molecule has 0 aliphatic carbocycles. The van der Waals surface area contributed by atoms with E-state index in [-0.39, 0.29) is 0 Å². The Kier molecular flexibility index (Phi) is 2.43. The van der Waals surface area contributed by atoms with Crippen molar-refractivity contribution in [2.24, 2.45) is 5.73 Å². The molecule has 0 spiro atoms. The van der Waals surface area contributed by atoms with Crippen molar-refractivity contribution in [1.29, 1.82) is 0 Å². The Hall–Kier alpha value is -0.230. The Bertz CT molecular complexity index is 132. The largest absolute Gasteiger partial charge is 0.389 e. The van der Waals surface area contributed by atoms with Gasteiger partial charge in [0.25, 0.3) is 0 Å². The van der Waals surface area contributed by atoms with Crippen LogP contribution in [0.25, 0.3) is 0 Å². The molecule has 5 heteroatoms. The fourth-order valence-corrected chi connectivity index (χ4v) is 1.07. The molecule has 1 aliphatic heterocycles. The Morgan fingerprint density at radius 3 is 2.55 bits per heavy atom. The van der Waals surface area contributed by atoms with E-state index in [9.17, 15) is 4.39 Å². The maximum absolute atomic E-state index is 12.7. The second kappa shape index (κ2) is 3.02. The van der Waals surface area contributed by atoms with Crippen LogP contribution in [-0.2, 0) is 4.74 Å². The zero-order valence-electron chi connectivity index (χ0n) is 6.14. The van der Waals surface area contributed by atoms with Gasteiger partial charge in [-0.3, -0.25) is 0 Å². The summed E-state index contributed by atoms with van der Waals surface area (Å²) in [6.45, 7) is 1.53. The third-order valence-corrected chi connectivity index (χ3v) is 1.87. The maximum atomic E-state index is 12.7. The first-order chi connectivity index (χ1) is 5.04. The lowest BCUT2D eigenvalue weighted by Gasteiger charge is -2.36. The van der Waals surface area contributed by atoms with Crippen molar-refractivity contribution in [3.8, 4) is 0 Å². The van der Waals surface area contributed by atoms with Gasteiger partial charge in [0.05, 0.1) is 18.2 Å². The molecule has 0 saturated carbocycles. The van der Waals surface area contributed by atoms with Gasteiger partial charge in [0.2, 0.25) is 0 Å². The molecule has 0 amide bonds. The van der Waals surface area contributed by atoms with Gasteiger partial charge in [-0.1, -0.05) is 0 Å². The van der Waals surface area contributed by atoms with Crippen molar-refractivity contribution in [3.05, 3.63) is 0 Å². The zero-order valence-corrected chi connectivity index (χ0v) is 6.14. The zero-order chi connectivity index (χ0) is 8.59. The molecule has 4 N–H and O–H groups in total. The Balaban J connectivity index is 2.63. The van der Waals surface area contributed by atoms with Gasteiger partial charge in [-0.15, -0.1) is 0 Å². The van der Waals surface area contributed by atoms with Crippen LogP contribution in [0.1, 0.15) is 6.92 Å². The van der Waals surface area contributed by atoms with Crippen LogP contribution in [0.3, 0.4) is 0 Å². The number of aliphatic hydroxyl groups excluding tert-OH is 2. The van der Waals surface area contributed by atoms with Crippen molar-refractivity contribution in [2.45, 2.75) is 37.6 Å². The molecule has 1 fully saturated rings. The average Bonchev–Trinajstić information content (AvgIpc) is 1.97. The molecule has 0 radical (unpaired) electrons. The summed E-state index contributed by atoms with van der Waals surface area (Å²) < 4.78 is 17.4. The number of hydrogen-bond acceptors (Lipinski definition) is 4. The predicted molar refractivity (Wildman–Crippen MR) is 35.4 cm³/mol. The van der Waals surface area contributed by atoms with Crippen LogP contribution >= 0.6 is 0 Å². The third kappa shape index (κ3) is 1.51. The predicted octanol–water partition coefficient (Wildman–Crippen LogP) is -1.25. The first-order valence-electron chi connectivity index (χ1n) is 3.45. The monoisotopic (exact) mass is 165 g/mol. The molecule has 1 rings (SSSR count). The van der Waals surface area contributed by atoms with Crippen LogP contribution in [0.2, 0.25) is 0 Å². The van der Waals surface area contributed by atoms with Crippen molar-refractivity contribution in [1.82, 2.24) is 0 Å². The Morgan fingerprint density at radius 1 is 1.45 bits per heavy atom. The normalized spacial score (nSPS) is 52.6. The SMILES string of the molecule is C[C@@H]1O[C@H](O)[C@H](F)[C@H](N)[C@@H]1O. The summed E-state index contributed by atoms with van der Waals surface area (Å²) in [7, 11) is 0. The van der Waals surface area contributed by atoms with E-state index in [1.807, 2.05) is 0 Å². The number of halogens is 1. The number of ether oxygens (including phenoxy) is 1. The van der Waals surface area contributed by atoms with Crippen molar-refractivity contribution < 1.29 is 19.3 Å². The quantitative estimate of drug-likeness (QED) is 0.419. The summed E-state index contributed by atoms with van der Waals surface area (Å²) in [6.07, 6.45) is -4.88. The minimum absolute atomic E-state index is 0.619. The summed E-state index contributed by atoms with van der Waals surface area (Å²) in [5.74, 6) is 0. The van der Waals surface area contributed by atoms with Crippen LogP contribution in [0.4, 0.5) is 4.39 Å². The number of alkyl halides is 1. The number of nitrogens with two attached hydrogens (primary N) is 1. The van der Waals surface area contributed by atoms with Crippen LogP contribution in [0, 0.1) is 0 Å². The molecule has 4 nitrogen and oxygen atoms in total. The second-order valence-corrected chi connectivity index (χ2v) is 2.74. The minimum atomic E-state index is -1.71. The molecule has 66 valence electrons. The molecule has 0 bridgehead atoms. The van der Waals surface area contributed by atoms with E-state index in [4.69, 9.17) is 15.9 Å². The molecule has 0 aromatic carbocycles. The Morgan fingerprint density at radius 2 is 2.00 bits per heavy atom. The summed E-state index contributed by atoms with van der Waals surface area (Å²) in [5.41, 5.74) is 5.24. The summed E-state index contributed by atoms with van der Waals surface area (Å²) in [4.78, 5) is 0. The number of rotatable bonds is 0. The second-order valence-electron chi connectivity index (χ2n) is 2.74. The summed E-state index contributed by atoms with van der Waals surface area (Å²) in [6, 6.07) is -1.06. The van der Waals surface area contributed by atoms with E-state index in [0.29, 0.717) is 0 Å². The number of hydrogen-bond donors (Lipinski definition) is 3. The highest BCUT2D eigenvalue weighted by Crippen LogP contribution is 2.19. The standard InChI is InChI=1S/C6H12FNO3/c1-2-5(9)4(8)3(7)6(10)11-2/h2-6,9-10H,8H2,1H3/t2-,3+,4-,5+,6-/m0/s1. The van der Waals surface area contributed by atoms with E-state index < -0.39 is 30.7 Å². The molecule has 0 aromatic heterocycles. The van der Waals surface area contributed by atoms with Crippen LogP contribution in [-0.4, -0.2) is 40.9 Å². The highest BCUT2D eigenvalue weighted by Gasteiger charge is 2.40. The van der Waals surface area contributed by atoms with Gasteiger partial charge in [-0.05, 0) is 6.92 Å². The van der Waals surface area contributed by atoms with Crippen molar-refractivity contribution in [2.75, 3.05) is 0 Å². The lowest BCUT2D eigenvalue weighted by atomic mass is 9.99. The van der Waals surface area contributed by atoms with Gasteiger partial charge in [0.1, 0.15) is 0 Å². The molecule has 1 heterocycles. The lowest BCUT2D eigenvalue weighted by molar-refractivity contribution is -0.231. The fraction of sp³-hybridized carbons (Fsp3) is 1.00. The van der Waals surface area contributed by atoms with Crippen molar-refractivity contribution >= 4 is 0 Å². The van der Waals surface area contributed by atoms with Gasteiger partial charge in [-0.2, -0.15) is 0 Å². The molecule has 5 atom stereocenters. The smallest absolute Gasteiger partial charge is 0.188 e. The average molecular weight is 165 g/mol. The third-order valence-electron chi connectivity index (χ3n) is 1.87. The van der Waals surface area contributed by atoms with Gasteiger partial charge >= 0.3 is 0 Å². The first kappa shape index (κ1) is 8.86. The molecule has 1 saturated heterocycles. The van der Waals surface area contributed by atoms with E-state index in [1.54, 1.807) is 0 Å². The fourth-order valence-electron chi connectivity index (χ4n) is 1.07. The van der Waals surface area contributed by atoms with Gasteiger partial charge < -0.3 is 20.7 Å². The molecular weight excluding hydrogens is 153 g/mol. The van der Waals surface area contributed by atoms with Crippen LogP contribution < -0.4 is 5.73 Å². The Labute approximate surface area is 63.8 Å². The topological polar surface area (TPSA) is 75.7 Å². The lowest BCUT2D eigenvalue weighted by Crippen LogP contribution is -2.58. The summed E-state index contributed by atoms with van der Waals surface area (Å²) in [5, 5.41) is 18.0. The molecule has 0 unspecified atom stereocenters. The molecular formula is C6H12FNO3. The molecule has 1 aliphatic rings.